The van der Waals surface area contributed by atoms with Crippen molar-refractivity contribution in [3.05, 3.63) is 70.9 Å². The second-order valence-corrected chi connectivity index (χ2v) is 9.54. The van der Waals surface area contributed by atoms with E-state index in [1.807, 2.05) is 16.9 Å². The molecule has 2 atom stereocenters. The standard InChI is InChI=1S/C27H24F2N6O/c1-15-22(6-8-30)33-27-24(32-15)12-23(34-26(27)20-5-2-18(28)11-21(20)29)16-7-9-36-25(10-16)17-13-31-35(14-17)19-3-4-19/h2,5,11-14,16,19,25H,3-4,6-7,9-10H2,1H3/t16-,25-/m1/s1. The predicted molar refractivity (Wildman–Crippen MR) is 128 cm³/mol. The van der Waals surface area contributed by atoms with Gasteiger partial charge in [0, 0.05) is 41.6 Å². The van der Waals surface area contributed by atoms with Gasteiger partial charge in [-0.1, -0.05) is 0 Å². The van der Waals surface area contributed by atoms with Crippen molar-refractivity contribution in [3.8, 4) is 17.3 Å². The normalized spacial score (nSPS) is 19.9. The second-order valence-electron chi connectivity index (χ2n) is 9.54. The van der Waals surface area contributed by atoms with E-state index in [0.717, 1.165) is 36.6 Å². The first-order valence-electron chi connectivity index (χ1n) is 12.2. The fourth-order valence-electron chi connectivity index (χ4n) is 4.88. The fraction of sp³-hybridized carbons (Fsp3) is 0.370. The van der Waals surface area contributed by atoms with E-state index in [4.69, 9.17) is 14.7 Å². The molecule has 4 aromatic rings. The Labute approximate surface area is 206 Å². The van der Waals surface area contributed by atoms with Gasteiger partial charge in [0.25, 0.3) is 0 Å². The highest BCUT2D eigenvalue weighted by Gasteiger charge is 2.30. The highest BCUT2D eigenvalue weighted by molar-refractivity contribution is 5.89. The van der Waals surface area contributed by atoms with Crippen LogP contribution in [-0.2, 0) is 11.2 Å². The minimum atomic E-state index is -0.720. The molecular weight excluding hydrogens is 462 g/mol. The number of aryl methyl sites for hydroxylation is 1. The van der Waals surface area contributed by atoms with Crippen LogP contribution in [0.2, 0.25) is 0 Å². The second kappa shape index (κ2) is 9.03. The maximum absolute atomic E-state index is 14.9. The Balaban J connectivity index is 1.43. The largest absolute Gasteiger partial charge is 0.373 e. The number of benzene rings is 1. The molecule has 0 unspecified atom stereocenters. The van der Waals surface area contributed by atoms with Gasteiger partial charge in [-0.05, 0) is 50.8 Å². The van der Waals surface area contributed by atoms with Gasteiger partial charge in [0.15, 0.2) is 0 Å². The Bertz CT molecular complexity index is 1510. The van der Waals surface area contributed by atoms with E-state index < -0.39 is 11.6 Å². The SMILES string of the molecule is Cc1nc2cc([C@@H]3CCO[C@@H](c4cnn(C5CC5)c4)C3)nc(-c3ccc(F)cc3F)c2nc1CC#N. The number of nitriles is 1. The molecule has 1 aliphatic heterocycles. The van der Waals surface area contributed by atoms with Gasteiger partial charge in [-0.15, -0.1) is 0 Å². The molecule has 3 aromatic heterocycles. The number of rotatable bonds is 5. The van der Waals surface area contributed by atoms with E-state index in [2.05, 4.69) is 22.3 Å². The molecule has 9 heteroatoms. The lowest BCUT2D eigenvalue weighted by Crippen LogP contribution is -2.19. The number of ether oxygens (including phenoxy) is 1. The molecule has 1 saturated heterocycles. The van der Waals surface area contributed by atoms with Gasteiger partial charge in [0.1, 0.15) is 22.8 Å². The summed E-state index contributed by atoms with van der Waals surface area (Å²) in [5, 5.41) is 13.7. The van der Waals surface area contributed by atoms with Crippen LogP contribution in [0.3, 0.4) is 0 Å². The van der Waals surface area contributed by atoms with Crippen LogP contribution >= 0.6 is 0 Å². The van der Waals surface area contributed by atoms with Crippen LogP contribution in [0.25, 0.3) is 22.3 Å². The maximum atomic E-state index is 14.9. The molecule has 2 aliphatic rings. The summed E-state index contributed by atoms with van der Waals surface area (Å²) in [5.74, 6) is -1.33. The third-order valence-corrected chi connectivity index (χ3v) is 6.99. The van der Waals surface area contributed by atoms with Crippen LogP contribution in [0.5, 0.6) is 0 Å². The van der Waals surface area contributed by atoms with Crippen LogP contribution in [-0.4, -0.2) is 31.3 Å². The lowest BCUT2D eigenvalue weighted by atomic mass is 9.89. The van der Waals surface area contributed by atoms with Gasteiger partial charge >= 0.3 is 0 Å². The molecule has 1 aromatic carbocycles. The van der Waals surface area contributed by atoms with Crippen molar-refractivity contribution < 1.29 is 13.5 Å². The third kappa shape index (κ3) is 4.22. The van der Waals surface area contributed by atoms with Gasteiger partial charge in [0.2, 0.25) is 0 Å². The third-order valence-electron chi connectivity index (χ3n) is 6.99. The van der Waals surface area contributed by atoms with Gasteiger partial charge < -0.3 is 4.74 Å². The number of hydrogen-bond donors (Lipinski definition) is 0. The summed E-state index contributed by atoms with van der Waals surface area (Å²) in [6.45, 7) is 2.37. The van der Waals surface area contributed by atoms with E-state index in [1.165, 1.54) is 12.1 Å². The molecule has 7 nitrogen and oxygen atoms in total. The van der Waals surface area contributed by atoms with E-state index in [-0.39, 0.29) is 24.0 Å². The van der Waals surface area contributed by atoms with Crippen molar-refractivity contribution in [1.82, 2.24) is 24.7 Å². The summed E-state index contributed by atoms with van der Waals surface area (Å²) in [6, 6.07) is 7.92. The van der Waals surface area contributed by atoms with Crippen molar-refractivity contribution in [2.45, 2.75) is 57.1 Å². The number of fused-ring (bicyclic) bond motifs is 1. The molecule has 2 fully saturated rings. The summed E-state index contributed by atoms with van der Waals surface area (Å²) in [5.41, 5.74) is 4.40. The molecule has 0 N–H and O–H groups in total. The summed E-state index contributed by atoms with van der Waals surface area (Å²) < 4.78 is 36.7. The number of nitrogens with zero attached hydrogens (tertiary/aromatic N) is 6. The first kappa shape index (κ1) is 22.7. The minimum absolute atomic E-state index is 0.0561. The highest BCUT2D eigenvalue weighted by atomic mass is 19.1. The quantitative estimate of drug-likeness (QED) is 0.369. The van der Waals surface area contributed by atoms with Crippen molar-refractivity contribution in [2.75, 3.05) is 6.61 Å². The van der Waals surface area contributed by atoms with Crippen molar-refractivity contribution in [3.63, 3.8) is 0 Å². The summed E-state index contributed by atoms with van der Waals surface area (Å²) >= 11 is 0. The predicted octanol–water partition coefficient (Wildman–Crippen LogP) is 5.51. The molecule has 0 spiro atoms. The maximum Gasteiger partial charge on any atom is 0.135 e. The summed E-state index contributed by atoms with van der Waals surface area (Å²) in [4.78, 5) is 14.2. The zero-order valence-corrected chi connectivity index (χ0v) is 19.8. The number of halogens is 2. The molecule has 0 amide bonds. The van der Waals surface area contributed by atoms with Crippen LogP contribution in [0.4, 0.5) is 8.78 Å². The highest BCUT2D eigenvalue weighted by Crippen LogP contribution is 2.40. The molecule has 182 valence electrons. The Kier molecular flexibility index (Phi) is 5.69. The average molecular weight is 487 g/mol. The van der Waals surface area contributed by atoms with Gasteiger partial charge in [-0.25, -0.2) is 23.7 Å². The Morgan fingerprint density at radius 2 is 2.00 bits per heavy atom. The molecule has 1 aliphatic carbocycles. The van der Waals surface area contributed by atoms with Gasteiger partial charge in [0.05, 0.1) is 47.7 Å². The van der Waals surface area contributed by atoms with Crippen LogP contribution < -0.4 is 0 Å². The van der Waals surface area contributed by atoms with Gasteiger partial charge in [-0.3, -0.25) is 4.68 Å². The topological polar surface area (TPSA) is 89.5 Å². The Morgan fingerprint density at radius 1 is 1.14 bits per heavy atom. The van der Waals surface area contributed by atoms with Gasteiger partial charge in [-0.2, -0.15) is 10.4 Å². The van der Waals surface area contributed by atoms with E-state index in [1.54, 1.807) is 6.92 Å². The van der Waals surface area contributed by atoms with Crippen molar-refractivity contribution in [2.24, 2.45) is 0 Å². The molecule has 0 bridgehead atoms. The van der Waals surface area contributed by atoms with Crippen molar-refractivity contribution in [1.29, 1.82) is 5.26 Å². The lowest BCUT2D eigenvalue weighted by Gasteiger charge is -2.29. The number of hydrogen-bond acceptors (Lipinski definition) is 6. The summed E-state index contributed by atoms with van der Waals surface area (Å²) in [7, 11) is 0. The van der Waals surface area contributed by atoms with Crippen molar-refractivity contribution >= 4 is 11.0 Å². The van der Waals surface area contributed by atoms with Crippen LogP contribution in [0.15, 0.2) is 36.7 Å². The van der Waals surface area contributed by atoms with E-state index in [9.17, 15) is 14.0 Å². The first-order valence-corrected chi connectivity index (χ1v) is 12.2. The van der Waals surface area contributed by atoms with E-state index >= 15 is 0 Å². The number of pyridine rings is 1. The molecular formula is C27H24F2N6O. The first-order chi connectivity index (χ1) is 17.5. The summed E-state index contributed by atoms with van der Waals surface area (Å²) in [6.07, 6.45) is 7.72. The zero-order valence-electron chi connectivity index (χ0n) is 19.8. The molecule has 1 saturated carbocycles. The average Bonchev–Trinajstić information content (AvgIpc) is 3.60. The minimum Gasteiger partial charge on any atom is -0.373 e. The Hall–Kier alpha value is -3.77. The van der Waals surface area contributed by atoms with Crippen LogP contribution in [0, 0.1) is 29.9 Å². The van der Waals surface area contributed by atoms with Crippen LogP contribution in [0.1, 0.15) is 66.4 Å². The molecule has 36 heavy (non-hydrogen) atoms. The van der Waals surface area contributed by atoms with E-state index in [0.29, 0.717) is 47.2 Å². The Morgan fingerprint density at radius 3 is 2.78 bits per heavy atom. The fourth-order valence-corrected chi connectivity index (χ4v) is 4.88. The monoisotopic (exact) mass is 486 g/mol. The molecule has 6 rings (SSSR count). The molecule has 4 heterocycles. The lowest BCUT2D eigenvalue weighted by molar-refractivity contribution is 0.00462. The smallest absolute Gasteiger partial charge is 0.135 e. The number of aromatic nitrogens is 5. The zero-order chi connectivity index (χ0) is 24.8. The molecule has 0 radical (unpaired) electrons.